The first-order valence-electron chi connectivity index (χ1n) is 17.7. The minimum Gasteiger partial charge on any atom is -0.486 e. The Hall–Kier alpha value is -3.12. The van der Waals surface area contributed by atoms with Crippen LogP contribution in [0.1, 0.15) is 75.5 Å². The molecule has 1 unspecified atom stereocenters. The van der Waals surface area contributed by atoms with Gasteiger partial charge in [-0.1, -0.05) is 55.7 Å². The third-order valence-electron chi connectivity index (χ3n) is 9.75. The van der Waals surface area contributed by atoms with Gasteiger partial charge in [0.05, 0.1) is 5.58 Å². The Kier molecular flexibility index (Phi) is 12.3. The number of aromatic nitrogens is 3. The van der Waals surface area contributed by atoms with Crippen LogP contribution in [-0.4, -0.2) is 28.2 Å². The fourth-order valence-corrected chi connectivity index (χ4v) is 10.6. The molecule has 6 aromatic rings. The van der Waals surface area contributed by atoms with Gasteiger partial charge >= 0.3 is 126 Å². The number of hydrogen-bond donors (Lipinski definition) is 0. The van der Waals surface area contributed by atoms with E-state index < -0.39 is 13.3 Å². The van der Waals surface area contributed by atoms with Crippen LogP contribution in [0.25, 0.3) is 44.6 Å². The van der Waals surface area contributed by atoms with Crippen molar-refractivity contribution in [3.63, 3.8) is 0 Å². The van der Waals surface area contributed by atoms with E-state index in [2.05, 4.69) is 110 Å². The Morgan fingerprint density at radius 2 is 1.65 bits per heavy atom. The van der Waals surface area contributed by atoms with Gasteiger partial charge in [0.15, 0.2) is 0 Å². The van der Waals surface area contributed by atoms with Gasteiger partial charge in [0.25, 0.3) is 0 Å². The van der Waals surface area contributed by atoms with E-state index in [0.29, 0.717) is 17.5 Å². The molecule has 4 aromatic heterocycles. The van der Waals surface area contributed by atoms with Crippen LogP contribution >= 0.6 is 0 Å². The van der Waals surface area contributed by atoms with Crippen LogP contribution < -0.4 is 4.40 Å². The van der Waals surface area contributed by atoms with Crippen molar-refractivity contribution in [3.05, 3.63) is 108 Å². The molecule has 257 valence electrons. The molecule has 2 aromatic carbocycles. The maximum absolute atomic E-state index is 6.13. The molecule has 0 bridgehead atoms. The van der Waals surface area contributed by atoms with Gasteiger partial charge in [0.2, 0.25) is 5.71 Å². The van der Waals surface area contributed by atoms with Gasteiger partial charge in [-0.15, -0.1) is 17.7 Å². The minimum absolute atomic E-state index is 0. The first-order valence-corrected chi connectivity index (χ1v) is 25.1. The summed E-state index contributed by atoms with van der Waals surface area (Å²) in [6.07, 6.45) is 13.8. The molecular weight excluding hydrogens is 839 g/mol. The van der Waals surface area contributed by atoms with Crippen molar-refractivity contribution >= 4 is 39.7 Å². The van der Waals surface area contributed by atoms with Gasteiger partial charge < -0.3 is 9.40 Å². The maximum Gasteiger partial charge on any atom is 0.216 e. The Balaban J connectivity index is 0.000000199. The summed E-state index contributed by atoms with van der Waals surface area (Å²) < 4.78 is 7.67. The summed E-state index contributed by atoms with van der Waals surface area (Å²) in [5.74, 6) is 9.33. The van der Waals surface area contributed by atoms with E-state index in [0.717, 1.165) is 56.8 Å². The second-order valence-electron chi connectivity index (χ2n) is 15.0. The average molecular weight is 889 g/mol. The van der Waals surface area contributed by atoms with Crippen LogP contribution in [-0.2, 0) is 26.5 Å². The molecule has 1 aliphatic carbocycles. The zero-order chi connectivity index (χ0) is 33.8. The quantitative estimate of drug-likeness (QED) is 0.118. The largest absolute Gasteiger partial charge is 0.486 e. The smallest absolute Gasteiger partial charge is 0.216 e. The summed E-state index contributed by atoms with van der Waals surface area (Å²) in [5.41, 5.74) is 9.46. The average Bonchev–Trinajstić information content (AvgIpc) is 3.46. The molecule has 0 saturated heterocycles. The van der Waals surface area contributed by atoms with E-state index in [-0.39, 0.29) is 20.1 Å². The third-order valence-corrected chi connectivity index (χ3v) is 14.1. The molecule has 0 aliphatic heterocycles. The molecule has 0 amide bonds. The number of hydrogen-bond acceptors (Lipinski definition) is 4. The third kappa shape index (κ3) is 8.79. The van der Waals surface area contributed by atoms with Crippen LogP contribution in [0.2, 0.25) is 17.3 Å². The molecule has 1 saturated carbocycles. The number of furan rings is 1. The SMILES string of the molecule is CC(C)Cc1cc(-c2[c-]cccc2)nc[c]1[Ge]([CH3])([CH3])[CH3].Cc1[c-]c(-c2cc(C(C)C3CCCCC3)ccn2)c2oc3ncccc3c2c1.[Ir]. The van der Waals surface area contributed by atoms with Crippen LogP contribution in [0.5, 0.6) is 0 Å². The van der Waals surface area contributed by atoms with Crippen LogP contribution in [0.3, 0.4) is 0 Å². The van der Waals surface area contributed by atoms with Crippen molar-refractivity contribution in [1.82, 2.24) is 15.0 Å². The second kappa shape index (κ2) is 16.3. The summed E-state index contributed by atoms with van der Waals surface area (Å²) in [4.78, 5) is 13.8. The molecule has 4 nitrogen and oxygen atoms in total. The monoisotopic (exact) mass is 890 g/mol. The fraction of sp³-hybridized carbons (Fsp3) is 0.372. The van der Waals surface area contributed by atoms with E-state index in [1.807, 2.05) is 30.5 Å². The minimum atomic E-state index is -1.86. The normalized spacial score (nSPS) is 14.4. The van der Waals surface area contributed by atoms with Crippen LogP contribution in [0.15, 0.2) is 83.7 Å². The zero-order valence-electron chi connectivity index (χ0n) is 30.1. The number of rotatable bonds is 7. The number of nitrogens with zero attached hydrogens (tertiary/aromatic N) is 3. The molecule has 49 heavy (non-hydrogen) atoms. The molecule has 1 radical (unpaired) electrons. The van der Waals surface area contributed by atoms with E-state index >= 15 is 0 Å². The summed E-state index contributed by atoms with van der Waals surface area (Å²) in [6.45, 7) is 9.02. The number of benzene rings is 2. The summed E-state index contributed by atoms with van der Waals surface area (Å²) in [5, 5.41) is 2.13. The standard InChI is InChI=1S/C25H25N2O.C18H24GeN.Ir/c1-16-13-21-20-9-6-11-27-25(20)28-24(21)22(14-16)23-15-19(10-12-26-23)17(2)18-7-4-3-5-8-18;1-14(2)11-16-12-18(15-9-7-6-8-10-15)20-13-17(16)19(3,4)5;/h6,9-13,15,17-18H,3-5,7-8H2,1-2H3;6-9,12-14H,11H2,1-5H3;/q2*-1;. The van der Waals surface area contributed by atoms with Crippen LogP contribution in [0.4, 0.5) is 0 Å². The Morgan fingerprint density at radius 1 is 0.857 bits per heavy atom. The predicted octanol–water partition coefficient (Wildman–Crippen LogP) is 11.1. The predicted molar refractivity (Wildman–Crippen MR) is 203 cm³/mol. The molecule has 4 heterocycles. The van der Waals surface area contributed by atoms with Crippen LogP contribution in [0, 0.1) is 30.9 Å². The Bertz CT molecular complexity index is 1990. The second-order valence-corrected chi connectivity index (χ2v) is 25.6. The Morgan fingerprint density at radius 3 is 2.37 bits per heavy atom. The molecule has 6 heteroatoms. The van der Waals surface area contributed by atoms with Crippen molar-refractivity contribution in [1.29, 1.82) is 0 Å². The van der Waals surface area contributed by atoms with Crippen molar-refractivity contribution in [3.8, 4) is 22.5 Å². The van der Waals surface area contributed by atoms with Gasteiger partial charge in [-0.25, -0.2) is 4.98 Å². The van der Waals surface area contributed by atoms with E-state index in [9.17, 15) is 0 Å². The molecule has 7 rings (SSSR count). The van der Waals surface area contributed by atoms with E-state index in [1.54, 1.807) is 10.6 Å². The number of aryl methyl sites for hydroxylation is 1. The van der Waals surface area contributed by atoms with Gasteiger partial charge in [-0.3, -0.25) is 0 Å². The van der Waals surface area contributed by atoms with Gasteiger partial charge in [0.1, 0.15) is 0 Å². The van der Waals surface area contributed by atoms with Crippen molar-refractivity contribution in [2.24, 2.45) is 11.8 Å². The van der Waals surface area contributed by atoms with Crippen molar-refractivity contribution < 1.29 is 24.5 Å². The molecule has 1 atom stereocenters. The summed E-state index contributed by atoms with van der Waals surface area (Å²) >= 11 is -1.86. The first kappa shape index (κ1) is 37.1. The van der Waals surface area contributed by atoms with Crippen molar-refractivity contribution in [2.75, 3.05) is 0 Å². The Labute approximate surface area is 309 Å². The molecule has 0 N–H and O–H groups in total. The van der Waals surface area contributed by atoms with Crippen molar-refractivity contribution in [2.45, 2.75) is 89.4 Å². The van der Waals surface area contributed by atoms with Gasteiger partial charge in [-0.2, -0.15) is 0 Å². The summed E-state index contributed by atoms with van der Waals surface area (Å²) in [6, 6.07) is 27.7. The molecule has 1 fully saturated rings. The first-order chi connectivity index (χ1) is 23.1. The molecular formula is C43H49GeIrN3O-2. The maximum atomic E-state index is 6.13. The van der Waals surface area contributed by atoms with E-state index in [4.69, 9.17) is 9.40 Å². The van der Waals surface area contributed by atoms with Gasteiger partial charge in [-0.05, 0) is 48.6 Å². The molecule has 0 spiro atoms. The number of pyridine rings is 3. The van der Waals surface area contributed by atoms with E-state index in [1.165, 1.54) is 43.2 Å². The number of fused-ring (bicyclic) bond motifs is 3. The molecule has 1 aliphatic rings. The zero-order valence-corrected chi connectivity index (χ0v) is 34.6. The summed E-state index contributed by atoms with van der Waals surface area (Å²) in [7, 11) is 0. The fourth-order valence-electron chi connectivity index (χ4n) is 7.22. The van der Waals surface area contributed by atoms with Gasteiger partial charge in [0, 0.05) is 37.9 Å². The topological polar surface area (TPSA) is 51.8 Å².